The van der Waals surface area contributed by atoms with Crippen molar-refractivity contribution in [2.45, 2.75) is 37.2 Å². The largest absolute Gasteiger partial charge is 0.417 e. The van der Waals surface area contributed by atoms with Gasteiger partial charge in [0.15, 0.2) is 0 Å². The number of fused-ring (bicyclic) bond motifs is 2. The molecule has 6 nitrogen and oxygen atoms in total. The smallest absolute Gasteiger partial charge is 0.334 e. The first-order chi connectivity index (χ1) is 19.8. The number of carbonyl (C=O) groups is 1. The molecule has 13 heteroatoms. The van der Waals surface area contributed by atoms with E-state index in [0.717, 1.165) is 30.0 Å². The number of anilines is 1. The van der Waals surface area contributed by atoms with Crippen molar-refractivity contribution in [2.75, 3.05) is 31.1 Å². The summed E-state index contributed by atoms with van der Waals surface area (Å²) in [6.07, 6.45) is -2.20. The van der Waals surface area contributed by atoms with Crippen molar-refractivity contribution in [2.24, 2.45) is 0 Å². The first-order valence-corrected chi connectivity index (χ1v) is 13.5. The van der Waals surface area contributed by atoms with E-state index < -0.39 is 34.9 Å². The molecule has 42 heavy (non-hydrogen) atoms. The summed E-state index contributed by atoms with van der Waals surface area (Å²) >= 11 is 5.92. The van der Waals surface area contributed by atoms with Gasteiger partial charge < -0.3 is 5.32 Å². The predicted octanol–water partition coefficient (Wildman–Crippen LogP) is 6.94. The van der Waals surface area contributed by atoms with Crippen molar-refractivity contribution in [1.82, 2.24) is 20.2 Å². The third-order valence-corrected chi connectivity index (χ3v) is 7.91. The molecule has 1 N–H and O–H groups in total. The summed E-state index contributed by atoms with van der Waals surface area (Å²) in [5.74, 6) is 0. The number of urea groups is 1. The number of halogens is 7. The van der Waals surface area contributed by atoms with E-state index in [4.69, 9.17) is 11.6 Å². The first kappa shape index (κ1) is 29.8. The van der Waals surface area contributed by atoms with Gasteiger partial charge in [0, 0.05) is 43.1 Å². The number of amides is 2. The molecule has 2 aromatic heterocycles. The number of nitrogens with zero attached hydrogens (tertiary/aromatic N) is 4. The van der Waals surface area contributed by atoms with Gasteiger partial charge in [-0.15, -0.1) is 0 Å². The third-order valence-electron chi connectivity index (χ3n) is 7.71. The van der Waals surface area contributed by atoms with E-state index in [0.29, 0.717) is 49.4 Å². The lowest BCUT2D eigenvalue weighted by Gasteiger charge is -2.39. The minimum Gasteiger partial charge on any atom is -0.334 e. The fraction of sp³-hybridized carbons (Fsp3) is 0.345. The molecule has 2 aliphatic heterocycles. The zero-order chi connectivity index (χ0) is 30.1. The van der Waals surface area contributed by atoms with Gasteiger partial charge in [0.1, 0.15) is 5.15 Å². The molecular formula is C29H26ClF6N5O. The molecule has 4 heterocycles. The number of hydrogen-bond acceptors (Lipinski definition) is 4. The van der Waals surface area contributed by atoms with Crippen molar-refractivity contribution < 1.29 is 31.1 Å². The number of pyridine rings is 2. The summed E-state index contributed by atoms with van der Waals surface area (Å²) in [6.45, 7) is 2.03. The minimum atomic E-state index is -4.52. The first-order valence-electron chi connectivity index (χ1n) is 13.1. The zero-order valence-electron chi connectivity index (χ0n) is 22.1. The molecule has 3 aromatic rings. The van der Waals surface area contributed by atoms with Gasteiger partial charge >= 0.3 is 18.4 Å². The SMILES string of the molecule is O=C(NCc1ccnc(Cl)c1)N1CC2(CCN(CC=Cc3ccc(C(F)(F)F)cn3)CC2)c2cc(C(F)(F)F)ccc21. The van der Waals surface area contributed by atoms with Crippen LogP contribution in [-0.2, 0) is 24.3 Å². The Labute approximate surface area is 243 Å². The summed E-state index contributed by atoms with van der Waals surface area (Å²) in [5.41, 5.74) is -0.157. The molecule has 1 fully saturated rings. The van der Waals surface area contributed by atoms with Crippen molar-refractivity contribution >= 4 is 29.4 Å². The topological polar surface area (TPSA) is 61.4 Å². The van der Waals surface area contributed by atoms with Crippen LogP contribution in [-0.4, -0.2) is 47.1 Å². The van der Waals surface area contributed by atoms with Crippen molar-refractivity contribution in [3.8, 4) is 0 Å². The van der Waals surface area contributed by atoms with Crippen LogP contribution < -0.4 is 10.2 Å². The summed E-state index contributed by atoms with van der Waals surface area (Å²) in [4.78, 5) is 24.6. The molecule has 0 atom stereocenters. The Bertz CT molecular complexity index is 1470. The van der Waals surface area contributed by atoms with E-state index in [1.807, 2.05) is 0 Å². The third kappa shape index (κ3) is 6.54. The number of aromatic nitrogens is 2. The summed E-state index contributed by atoms with van der Waals surface area (Å²) in [5, 5.41) is 3.11. The van der Waals surface area contributed by atoms with Crippen LogP contribution in [0.3, 0.4) is 0 Å². The monoisotopic (exact) mass is 609 g/mol. The molecule has 2 aliphatic rings. The van der Waals surface area contributed by atoms with Crippen LogP contribution in [0.5, 0.6) is 0 Å². The molecule has 2 amide bonds. The van der Waals surface area contributed by atoms with E-state index in [-0.39, 0.29) is 18.2 Å². The lowest BCUT2D eigenvalue weighted by molar-refractivity contribution is -0.138. The van der Waals surface area contributed by atoms with E-state index in [9.17, 15) is 31.1 Å². The Morgan fingerprint density at radius 3 is 2.33 bits per heavy atom. The highest BCUT2D eigenvalue weighted by atomic mass is 35.5. The maximum Gasteiger partial charge on any atom is 0.417 e. The van der Waals surface area contributed by atoms with Crippen molar-refractivity contribution in [1.29, 1.82) is 0 Å². The lowest BCUT2D eigenvalue weighted by atomic mass is 9.74. The van der Waals surface area contributed by atoms with E-state index in [2.05, 4.69) is 20.2 Å². The van der Waals surface area contributed by atoms with Crippen LogP contribution >= 0.6 is 11.6 Å². The Balaban J connectivity index is 1.28. The lowest BCUT2D eigenvalue weighted by Crippen LogP contribution is -2.47. The highest BCUT2D eigenvalue weighted by molar-refractivity contribution is 6.29. The quantitative estimate of drug-likeness (QED) is 0.251. The molecule has 0 radical (unpaired) electrons. The number of carbonyl (C=O) groups excluding carboxylic acids is 1. The molecule has 1 saturated heterocycles. The van der Waals surface area contributed by atoms with Crippen LogP contribution in [0.4, 0.5) is 36.8 Å². The fourth-order valence-electron chi connectivity index (χ4n) is 5.44. The summed E-state index contributed by atoms with van der Waals surface area (Å²) in [6, 6.07) is 8.69. The van der Waals surface area contributed by atoms with Gasteiger partial charge in [0.25, 0.3) is 0 Å². The molecular weight excluding hydrogens is 584 g/mol. The summed E-state index contributed by atoms with van der Waals surface area (Å²) < 4.78 is 79.2. The maximum atomic E-state index is 13.6. The molecule has 1 spiro atoms. The van der Waals surface area contributed by atoms with E-state index in [1.54, 1.807) is 24.3 Å². The van der Waals surface area contributed by atoms with Gasteiger partial charge in [0.2, 0.25) is 0 Å². The Hall–Kier alpha value is -3.64. The van der Waals surface area contributed by atoms with E-state index >= 15 is 0 Å². The van der Waals surface area contributed by atoms with Crippen LogP contribution in [0, 0.1) is 0 Å². The molecule has 5 rings (SSSR count). The number of hydrogen-bond donors (Lipinski definition) is 1. The Morgan fingerprint density at radius 1 is 0.976 bits per heavy atom. The van der Waals surface area contributed by atoms with Crippen molar-refractivity contribution in [3.63, 3.8) is 0 Å². The standard InChI is InChI=1S/C29H26ClF6N5O/c30-25-14-19(7-10-37-25)16-39-26(42)41-18-27(23-15-20(28(31,32)33)4-6-24(23)41)8-12-40(13-9-27)11-1-2-22-5-3-21(17-38-22)29(34,35)36/h1-7,10,14-15,17H,8-9,11-13,16,18H2,(H,39,42). The van der Waals surface area contributed by atoms with Gasteiger partial charge in [-0.1, -0.05) is 17.7 Å². The van der Waals surface area contributed by atoms with Crippen LogP contribution in [0.15, 0.2) is 60.9 Å². The highest BCUT2D eigenvalue weighted by Gasteiger charge is 2.47. The van der Waals surface area contributed by atoms with Gasteiger partial charge in [0.05, 0.1) is 16.8 Å². The van der Waals surface area contributed by atoms with Gasteiger partial charge in [-0.2, -0.15) is 26.3 Å². The average molecular weight is 610 g/mol. The second kappa shape index (κ2) is 11.6. The average Bonchev–Trinajstić information content (AvgIpc) is 3.25. The zero-order valence-corrected chi connectivity index (χ0v) is 22.9. The molecule has 0 saturated carbocycles. The second-order valence-corrected chi connectivity index (χ2v) is 10.8. The molecule has 222 valence electrons. The molecule has 0 unspecified atom stereocenters. The molecule has 0 bridgehead atoms. The fourth-order valence-corrected chi connectivity index (χ4v) is 5.63. The number of rotatable bonds is 5. The normalized spacial score (nSPS) is 17.2. The van der Waals surface area contributed by atoms with Gasteiger partial charge in [-0.25, -0.2) is 9.78 Å². The number of piperidine rings is 1. The van der Waals surface area contributed by atoms with Gasteiger partial charge in [-0.3, -0.25) is 14.8 Å². The van der Waals surface area contributed by atoms with Crippen LogP contribution in [0.25, 0.3) is 6.08 Å². The number of nitrogens with one attached hydrogen (secondary N) is 1. The van der Waals surface area contributed by atoms with Crippen molar-refractivity contribution in [3.05, 3.63) is 94.0 Å². The molecule has 1 aromatic carbocycles. The molecule has 0 aliphatic carbocycles. The van der Waals surface area contributed by atoms with Crippen LogP contribution in [0.2, 0.25) is 5.15 Å². The number of likely N-dealkylation sites (tertiary alicyclic amines) is 1. The number of alkyl halides is 6. The Morgan fingerprint density at radius 2 is 1.69 bits per heavy atom. The van der Waals surface area contributed by atoms with Gasteiger partial charge in [-0.05, 0) is 85.6 Å². The predicted molar refractivity (Wildman–Crippen MR) is 146 cm³/mol. The van der Waals surface area contributed by atoms with Crippen LogP contribution in [0.1, 0.15) is 40.8 Å². The summed E-state index contributed by atoms with van der Waals surface area (Å²) in [7, 11) is 0. The number of benzene rings is 1. The second-order valence-electron chi connectivity index (χ2n) is 10.4. The minimum absolute atomic E-state index is 0.175. The Kier molecular flexibility index (Phi) is 8.21. The maximum absolute atomic E-state index is 13.6. The van der Waals surface area contributed by atoms with E-state index in [1.165, 1.54) is 23.2 Å². The highest BCUT2D eigenvalue weighted by Crippen LogP contribution is 2.48.